The molecule has 16 heavy (non-hydrogen) atoms. The van der Waals surface area contributed by atoms with Gasteiger partial charge in [0.15, 0.2) is 5.65 Å². The van der Waals surface area contributed by atoms with E-state index in [0.29, 0.717) is 12.3 Å². The Morgan fingerprint density at radius 1 is 1.44 bits per heavy atom. The number of hydrogen-bond donors (Lipinski definition) is 0. The van der Waals surface area contributed by atoms with Crippen molar-refractivity contribution < 1.29 is 4.79 Å². The predicted octanol–water partition coefficient (Wildman–Crippen LogP) is 1.74. The van der Waals surface area contributed by atoms with Crippen LogP contribution >= 0.6 is 0 Å². The highest BCUT2D eigenvalue weighted by Crippen LogP contribution is 2.35. The van der Waals surface area contributed by atoms with E-state index in [1.165, 1.54) is 19.3 Å². The Labute approximate surface area is 93.3 Å². The minimum absolute atomic E-state index is 0.410. The van der Waals surface area contributed by atoms with Gasteiger partial charge in [0.2, 0.25) is 0 Å². The van der Waals surface area contributed by atoms with Crippen LogP contribution in [-0.4, -0.2) is 20.9 Å². The van der Waals surface area contributed by atoms with Crippen molar-refractivity contribution in [3.63, 3.8) is 0 Å². The maximum absolute atomic E-state index is 10.6. The van der Waals surface area contributed by atoms with Crippen molar-refractivity contribution >= 4 is 11.9 Å². The Morgan fingerprint density at radius 2 is 2.31 bits per heavy atom. The van der Waals surface area contributed by atoms with Crippen LogP contribution in [0.25, 0.3) is 5.65 Å². The third-order valence-corrected chi connectivity index (χ3v) is 3.32. The van der Waals surface area contributed by atoms with Crippen LogP contribution in [0.4, 0.5) is 0 Å². The number of nitrogens with zero attached hydrogens (tertiary/aromatic N) is 3. The van der Waals surface area contributed by atoms with Gasteiger partial charge in [0.1, 0.15) is 12.1 Å². The number of carbonyl (C=O) groups excluding carboxylic acids is 1. The molecule has 0 saturated heterocycles. The van der Waals surface area contributed by atoms with Gasteiger partial charge in [-0.1, -0.05) is 12.5 Å². The molecule has 0 spiro atoms. The first-order valence-corrected chi connectivity index (χ1v) is 5.66. The Balaban J connectivity index is 2.12. The molecule has 0 unspecified atom stereocenters. The lowest BCUT2D eigenvalue weighted by Crippen LogP contribution is -2.12. The highest BCUT2D eigenvalue weighted by molar-refractivity contribution is 5.61. The number of hydrogen-bond acceptors (Lipinski definition) is 3. The molecule has 82 valence electrons. The third kappa shape index (κ3) is 1.33. The smallest absolute Gasteiger partial charge is 0.164 e. The van der Waals surface area contributed by atoms with Gasteiger partial charge in [-0.05, 0) is 18.9 Å². The maximum atomic E-state index is 10.6. The van der Waals surface area contributed by atoms with Crippen molar-refractivity contribution in [2.45, 2.75) is 31.6 Å². The fraction of sp³-hybridized carbons (Fsp3) is 0.417. The SMILES string of the molecule is O=CCc1cccn2c(C3CCC3)nnc12. The van der Waals surface area contributed by atoms with Crippen molar-refractivity contribution in [3.05, 3.63) is 29.7 Å². The van der Waals surface area contributed by atoms with Crippen LogP contribution in [0.2, 0.25) is 0 Å². The van der Waals surface area contributed by atoms with E-state index in [-0.39, 0.29) is 0 Å². The lowest BCUT2D eigenvalue weighted by Gasteiger charge is -2.23. The van der Waals surface area contributed by atoms with Gasteiger partial charge in [-0.3, -0.25) is 4.40 Å². The normalized spacial score (nSPS) is 16.2. The van der Waals surface area contributed by atoms with E-state index in [9.17, 15) is 4.79 Å². The summed E-state index contributed by atoms with van der Waals surface area (Å²) in [4.78, 5) is 10.6. The zero-order valence-corrected chi connectivity index (χ0v) is 8.97. The number of rotatable bonds is 3. The van der Waals surface area contributed by atoms with Crippen LogP contribution in [-0.2, 0) is 11.2 Å². The summed E-state index contributed by atoms with van der Waals surface area (Å²) in [5, 5.41) is 8.45. The van der Waals surface area contributed by atoms with E-state index in [0.717, 1.165) is 23.3 Å². The van der Waals surface area contributed by atoms with E-state index >= 15 is 0 Å². The fourth-order valence-electron chi connectivity index (χ4n) is 2.18. The second kappa shape index (κ2) is 3.70. The van der Waals surface area contributed by atoms with Crippen LogP contribution in [0.15, 0.2) is 18.3 Å². The zero-order chi connectivity index (χ0) is 11.0. The van der Waals surface area contributed by atoms with Crippen LogP contribution in [0, 0.1) is 0 Å². The van der Waals surface area contributed by atoms with Gasteiger partial charge in [0.05, 0.1) is 0 Å². The number of aromatic nitrogens is 3. The summed E-state index contributed by atoms with van der Waals surface area (Å²) in [5.41, 5.74) is 1.78. The number of fused-ring (bicyclic) bond motifs is 1. The molecule has 0 aromatic carbocycles. The van der Waals surface area contributed by atoms with Crippen LogP contribution in [0.5, 0.6) is 0 Å². The average molecular weight is 215 g/mol. The largest absolute Gasteiger partial charge is 0.303 e. The Bertz CT molecular complexity index is 528. The lowest BCUT2D eigenvalue weighted by atomic mass is 9.85. The molecule has 4 heteroatoms. The van der Waals surface area contributed by atoms with Crippen molar-refractivity contribution in [2.24, 2.45) is 0 Å². The second-order valence-electron chi connectivity index (χ2n) is 4.28. The molecular weight excluding hydrogens is 202 g/mol. The summed E-state index contributed by atoms with van der Waals surface area (Å²) >= 11 is 0. The van der Waals surface area contributed by atoms with E-state index in [1.54, 1.807) is 0 Å². The molecule has 2 aromatic rings. The lowest BCUT2D eigenvalue weighted by molar-refractivity contribution is -0.107. The summed E-state index contributed by atoms with van der Waals surface area (Å²) in [6, 6.07) is 3.89. The van der Waals surface area contributed by atoms with Crippen molar-refractivity contribution in [3.8, 4) is 0 Å². The Hall–Kier alpha value is -1.71. The van der Waals surface area contributed by atoms with Crippen LogP contribution in [0.1, 0.15) is 36.6 Å². The van der Waals surface area contributed by atoms with Crippen molar-refractivity contribution in [1.82, 2.24) is 14.6 Å². The highest BCUT2D eigenvalue weighted by atomic mass is 16.1. The molecule has 1 fully saturated rings. The minimum Gasteiger partial charge on any atom is -0.303 e. The summed E-state index contributed by atoms with van der Waals surface area (Å²) in [5.74, 6) is 1.61. The molecule has 2 aromatic heterocycles. The summed E-state index contributed by atoms with van der Waals surface area (Å²) in [7, 11) is 0. The molecule has 0 amide bonds. The highest BCUT2D eigenvalue weighted by Gasteiger charge is 2.24. The first-order chi connectivity index (χ1) is 7.90. The zero-order valence-electron chi connectivity index (χ0n) is 8.97. The molecule has 0 bridgehead atoms. The van der Waals surface area contributed by atoms with E-state index in [2.05, 4.69) is 10.2 Å². The van der Waals surface area contributed by atoms with E-state index in [4.69, 9.17) is 0 Å². The van der Waals surface area contributed by atoms with E-state index < -0.39 is 0 Å². The van der Waals surface area contributed by atoms with E-state index in [1.807, 2.05) is 22.7 Å². The van der Waals surface area contributed by atoms with Gasteiger partial charge in [-0.25, -0.2) is 0 Å². The van der Waals surface area contributed by atoms with Gasteiger partial charge in [-0.15, -0.1) is 10.2 Å². The molecule has 3 rings (SSSR count). The Morgan fingerprint density at radius 3 is 3.00 bits per heavy atom. The summed E-state index contributed by atoms with van der Waals surface area (Å²) in [6.45, 7) is 0. The molecule has 0 N–H and O–H groups in total. The number of pyridine rings is 1. The number of aldehydes is 1. The second-order valence-corrected chi connectivity index (χ2v) is 4.28. The molecule has 1 aliphatic carbocycles. The molecule has 0 atom stereocenters. The minimum atomic E-state index is 0.410. The standard InChI is InChI=1S/C12H13N3O/c16-8-6-10-5-2-7-15-11(9-3-1-4-9)13-14-12(10)15/h2,5,7-9H,1,3-4,6H2. The summed E-state index contributed by atoms with van der Waals surface area (Å²) in [6.07, 6.45) is 7.00. The van der Waals surface area contributed by atoms with Crippen LogP contribution < -0.4 is 0 Å². The predicted molar refractivity (Wildman–Crippen MR) is 59.3 cm³/mol. The van der Waals surface area contributed by atoms with Crippen molar-refractivity contribution in [1.29, 1.82) is 0 Å². The Kier molecular flexibility index (Phi) is 2.20. The molecule has 1 saturated carbocycles. The first kappa shape index (κ1) is 9.51. The molecule has 0 aliphatic heterocycles. The molecular formula is C12H13N3O. The number of carbonyl (C=O) groups is 1. The maximum Gasteiger partial charge on any atom is 0.164 e. The van der Waals surface area contributed by atoms with Gasteiger partial charge in [-0.2, -0.15) is 0 Å². The molecule has 2 heterocycles. The van der Waals surface area contributed by atoms with Crippen molar-refractivity contribution in [2.75, 3.05) is 0 Å². The third-order valence-electron chi connectivity index (χ3n) is 3.32. The van der Waals surface area contributed by atoms with Gasteiger partial charge < -0.3 is 4.79 Å². The molecule has 4 nitrogen and oxygen atoms in total. The topological polar surface area (TPSA) is 47.3 Å². The summed E-state index contributed by atoms with van der Waals surface area (Å²) < 4.78 is 2.03. The van der Waals surface area contributed by atoms with Gasteiger partial charge >= 0.3 is 0 Å². The van der Waals surface area contributed by atoms with Gasteiger partial charge in [0, 0.05) is 24.1 Å². The van der Waals surface area contributed by atoms with Crippen LogP contribution in [0.3, 0.4) is 0 Å². The average Bonchev–Trinajstić information content (AvgIpc) is 2.62. The molecule has 1 aliphatic rings. The monoisotopic (exact) mass is 215 g/mol. The van der Waals surface area contributed by atoms with Gasteiger partial charge in [0.25, 0.3) is 0 Å². The first-order valence-electron chi connectivity index (χ1n) is 5.66. The quantitative estimate of drug-likeness (QED) is 0.733. The fourth-order valence-corrected chi connectivity index (χ4v) is 2.18. The molecule has 0 radical (unpaired) electrons.